The van der Waals surface area contributed by atoms with Crippen LogP contribution in [0.25, 0.3) is 0 Å². The summed E-state index contributed by atoms with van der Waals surface area (Å²) in [6.45, 7) is 1.09. The molecule has 2 aromatic carbocycles. The average Bonchev–Trinajstić information content (AvgIpc) is 2.53. The highest BCUT2D eigenvalue weighted by atomic mass is 35.5. The number of carbonyl (C=O) groups excluding carboxylic acids is 3. The van der Waals surface area contributed by atoms with E-state index in [1.54, 1.807) is 42.5 Å². The fourth-order valence-electron chi connectivity index (χ4n) is 1.87. The van der Waals surface area contributed by atoms with E-state index in [0.717, 1.165) is 6.92 Å². The quantitative estimate of drug-likeness (QED) is 0.634. The molecule has 6 heteroatoms. The van der Waals surface area contributed by atoms with E-state index < -0.39 is 24.0 Å². The monoisotopic (exact) mass is 332 g/mol. The molecule has 0 bridgehead atoms. The molecule has 2 aromatic rings. The fraction of sp³-hybridized carbons (Fsp3) is 0.118. The maximum atomic E-state index is 12.2. The van der Waals surface area contributed by atoms with Crippen LogP contribution in [0.15, 0.2) is 54.6 Å². The van der Waals surface area contributed by atoms with Crippen molar-refractivity contribution in [1.29, 1.82) is 0 Å². The van der Waals surface area contributed by atoms with Crippen LogP contribution in [0.2, 0.25) is 5.02 Å². The largest absolute Gasteiger partial charge is 0.442 e. The van der Waals surface area contributed by atoms with Gasteiger partial charge in [-0.1, -0.05) is 54.1 Å². The molecule has 0 fully saturated rings. The minimum Gasteiger partial charge on any atom is -0.442 e. The Labute approximate surface area is 137 Å². The number of hydrogen-bond acceptors (Lipinski definition) is 5. The smallest absolute Gasteiger partial charge is 0.359 e. The Morgan fingerprint density at radius 1 is 0.957 bits per heavy atom. The zero-order valence-corrected chi connectivity index (χ0v) is 12.9. The molecule has 0 aliphatic heterocycles. The van der Waals surface area contributed by atoms with Gasteiger partial charge in [0.05, 0.1) is 10.6 Å². The van der Waals surface area contributed by atoms with Gasteiger partial charge in [-0.2, -0.15) is 0 Å². The van der Waals surface area contributed by atoms with Gasteiger partial charge in [-0.3, -0.25) is 4.79 Å². The molecule has 23 heavy (non-hydrogen) atoms. The Hall–Kier alpha value is -2.66. The molecule has 0 spiro atoms. The summed E-state index contributed by atoms with van der Waals surface area (Å²) in [5.74, 6) is -2.54. The lowest BCUT2D eigenvalue weighted by Crippen LogP contribution is -2.23. The van der Waals surface area contributed by atoms with Crippen LogP contribution in [-0.4, -0.2) is 17.9 Å². The van der Waals surface area contributed by atoms with E-state index in [1.165, 1.54) is 12.1 Å². The van der Waals surface area contributed by atoms with Gasteiger partial charge in [-0.25, -0.2) is 9.59 Å². The molecule has 2 rings (SSSR count). The van der Waals surface area contributed by atoms with Gasteiger partial charge in [0.2, 0.25) is 6.10 Å². The number of esters is 3. The maximum Gasteiger partial charge on any atom is 0.359 e. The third kappa shape index (κ3) is 4.40. The van der Waals surface area contributed by atoms with E-state index in [0.29, 0.717) is 5.56 Å². The summed E-state index contributed by atoms with van der Waals surface area (Å²) in [6, 6.07) is 14.6. The SMILES string of the molecule is CC(=O)OC(=O)C(OC(=O)c1ccccc1Cl)c1ccccc1. The number of benzene rings is 2. The lowest BCUT2D eigenvalue weighted by Gasteiger charge is -2.16. The minimum absolute atomic E-state index is 0.116. The fourth-order valence-corrected chi connectivity index (χ4v) is 2.09. The molecule has 0 saturated heterocycles. The molecule has 5 nitrogen and oxygen atoms in total. The second kappa shape index (κ2) is 7.56. The molecule has 0 radical (unpaired) electrons. The van der Waals surface area contributed by atoms with Gasteiger partial charge in [0.15, 0.2) is 0 Å². The second-order valence-corrected chi connectivity index (χ2v) is 5.00. The van der Waals surface area contributed by atoms with Crippen LogP contribution < -0.4 is 0 Å². The standard InChI is InChI=1S/C17H13ClO5/c1-11(19)22-17(21)15(12-7-3-2-4-8-12)23-16(20)13-9-5-6-10-14(13)18/h2-10,15H,1H3. The molecule has 0 aromatic heterocycles. The van der Waals surface area contributed by atoms with Crippen molar-refractivity contribution in [2.24, 2.45) is 0 Å². The highest BCUT2D eigenvalue weighted by molar-refractivity contribution is 6.33. The summed E-state index contributed by atoms with van der Waals surface area (Å²) < 4.78 is 9.76. The predicted molar refractivity (Wildman–Crippen MR) is 82.8 cm³/mol. The zero-order chi connectivity index (χ0) is 16.8. The van der Waals surface area contributed by atoms with E-state index in [9.17, 15) is 14.4 Å². The summed E-state index contributed by atoms with van der Waals surface area (Å²) in [5, 5.41) is 0.198. The van der Waals surface area contributed by atoms with Crippen LogP contribution in [-0.2, 0) is 19.1 Å². The van der Waals surface area contributed by atoms with Crippen LogP contribution >= 0.6 is 11.6 Å². The molecule has 0 N–H and O–H groups in total. The Morgan fingerprint density at radius 3 is 2.17 bits per heavy atom. The Morgan fingerprint density at radius 2 is 1.57 bits per heavy atom. The van der Waals surface area contributed by atoms with Gasteiger partial charge in [-0.05, 0) is 12.1 Å². The lowest BCUT2D eigenvalue weighted by atomic mass is 10.1. The zero-order valence-electron chi connectivity index (χ0n) is 12.2. The van der Waals surface area contributed by atoms with Crippen LogP contribution in [0.3, 0.4) is 0 Å². The molecule has 0 aliphatic rings. The van der Waals surface area contributed by atoms with E-state index in [-0.39, 0.29) is 10.6 Å². The summed E-state index contributed by atoms with van der Waals surface area (Å²) in [7, 11) is 0. The minimum atomic E-state index is -1.36. The van der Waals surface area contributed by atoms with Crippen LogP contribution in [0.4, 0.5) is 0 Å². The van der Waals surface area contributed by atoms with Gasteiger partial charge in [0.25, 0.3) is 0 Å². The average molecular weight is 333 g/mol. The summed E-state index contributed by atoms with van der Waals surface area (Å²) >= 11 is 5.94. The second-order valence-electron chi connectivity index (χ2n) is 4.59. The van der Waals surface area contributed by atoms with Crippen molar-refractivity contribution in [3.05, 3.63) is 70.7 Å². The van der Waals surface area contributed by atoms with Crippen molar-refractivity contribution in [2.45, 2.75) is 13.0 Å². The van der Waals surface area contributed by atoms with Crippen LogP contribution in [0, 0.1) is 0 Å². The third-order valence-corrected chi connectivity index (χ3v) is 3.21. The molecular weight excluding hydrogens is 320 g/mol. The maximum absolute atomic E-state index is 12.2. The first-order chi connectivity index (χ1) is 11.0. The predicted octanol–water partition coefficient (Wildman–Crippen LogP) is 3.33. The van der Waals surface area contributed by atoms with E-state index >= 15 is 0 Å². The van der Waals surface area contributed by atoms with Gasteiger partial charge >= 0.3 is 17.9 Å². The van der Waals surface area contributed by atoms with Crippen molar-refractivity contribution >= 4 is 29.5 Å². The van der Waals surface area contributed by atoms with Crippen molar-refractivity contribution in [2.75, 3.05) is 0 Å². The number of hydrogen-bond donors (Lipinski definition) is 0. The number of rotatable bonds is 4. The molecular formula is C17H13ClO5. The van der Waals surface area contributed by atoms with Crippen molar-refractivity contribution in [3.8, 4) is 0 Å². The summed E-state index contributed by atoms with van der Waals surface area (Å²) in [5.41, 5.74) is 0.505. The molecule has 1 unspecified atom stereocenters. The molecule has 0 saturated carbocycles. The Kier molecular flexibility index (Phi) is 5.49. The normalized spacial score (nSPS) is 11.4. The number of ether oxygens (including phenoxy) is 2. The highest BCUT2D eigenvalue weighted by Crippen LogP contribution is 2.23. The highest BCUT2D eigenvalue weighted by Gasteiger charge is 2.28. The van der Waals surface area contributed by atoms with E-state index in [2.05, 4.69) is 4.74 Å². The van der Waals surface area contributed by atoms with Gasteiger partial charge in [0, 0.05) is 12.5 Å². The third-order valence-electron chi connectivity index (χ3n) is 2.88. The van der Waals surface area contributed by atoms with E-state index in [1.807, 2.05) is 0 Å². The van der Waals surface area contributed by atoms with Crippen LogP contribution in [0.5, 0.6) is 0 Å². The van der Waals surface area contributed by atoms with Crippen molar-refractivity contribution < 1.29 is 23.9 Å². The molecule has 0 amide bonds. The molecule has 0 aliphatic carbocycles. The van der Waals surface area contributed by atoms with Crippen molar-refractivity contribution in [1.82, 2.24) is 0 Å². The topological polar surface area (TPSA) is 69.7 Å². The van der Waals surface area contributed by atoms with E-state index in [4.69, 9.17) is 16.3 Å². The summed E-state index contributed by atoms with van der Waals surface area (Å²) in [6.07, 6.45) is -1.36. The Balaban J connectivity index is 2.28. The molecule has 1 atom stereocenters. The van der Waals surface area contributed by atoms with Gasteiger partial charge in [0.1, 0.15) is 0 Å². The first-order valence-electron chi connectivity index (χ1n) is 6.71. The number of halogens is 1. The molecule has 0 heterocycles. The van der Waals surface area contributed by atoms with Crippen LogP contribution in [0.1, 0.15) is 28.9 Å². The summed E-state index contributed by atoms with van der Waals surface area (Å²) in [4.78, 5) is 35.3. The molecule has 118 valence electrons. The van der Waals surface area contributed by atoms with Crippen molar-refractivity contribution in [3.63, 3.8) is 0 Å². The first kappa shape index (κ1) is 16.7. The van der Waals surface area contributed by atoms with Gasteiger partial charge < -0.3 is 9.47 Å². The first-order valence-corrected chi connectivity index (χ1v) is 7.09. The number of carbonyl (C=O) groups is 3. The lowest BCUT2D eigenvalue weighted by molar-refractivity contribution is -0.165. The van der Waals surface area contributed by atoms with Gasteiger partial charge in [-0.15, -0.1) is 0 Å². The Bertz CT molecular complexity index is 727.